The van der Waals surface area contributed by atoms with Gasteiger partial charge in [0, 0.05) is 12.6 Å². The van der Waals surface area contributed by atoms with Crippen LogP contribution in [0, 0.1) is 0 Å². The molecular weight excluding hydrogens is 326 g/mol. The number of nitrogens with zero attached hydrogens (tertiary/aromatic N) is 4. The van der Waals surface area contributed by atoms with Gasteiger partial charge in [-0.3, -0.25) is 0 Å². The summed E-state index contributed by atoms with van der Waals surface area (Å²) < 4.78 is 7.42. The van der Waals surface area contributed by atoms with Gasteiger partial charge in [-0.05, 0) is 40.3 Å². The molecule has 1 heterocycles. The molecule has 1 N–H and O–H groups in total. The number of aromatic nitrogens is 4. The average Bonchev–Trinajstić information content (AvgIpc) is 3.02. The normalized spacial score (nSPS) is 10.5. The fraction of sp³-hybridized carbons (Fsp3) is 0.235. The zero-order valence-corrected chi connectivity index (χ0v) is 14.4. The predicted octanol–water partition coefficient (Wildman–Crippen LogP) is 3.37. The molecule has 0 saturated heterocycles. The van der Waals surface area contributed by atoms with Crippen molar-refractivity contribution in [1.29, 1.82) is 0 Å². The summed E-state index contributed by atoms with van der Waals surface area (Å²) in [5.41, 5.74) is 2.00. The average molecular weight is 346 g/mol. The molecule has 3 rings (SSSR count). The van der Waals surface area contributed by atoms with Crippen molar-refractivity contribution < 1.29 is 4.74 Å². The Balaban J connectivity index is 0.00000208. The van der Waals surface area contributed by atoms with Crippen LogP contribution in [0.2, 0.25) is 0 Å². The topological polar surface area (TPSA) is 64.9 Å². The highest BCUT2D eigenvalue weighted by Crippen LogP contribution is 2.22. The molecule has 2 aromatic carbocycles. The first-order valence-corrected chi connectivity index (χ1v) is 7.56. The number of nitrogens with one attached hydrogen (secondary N) is 1. The SMILES string of the molecule is CC(C)NCc1cccc(Oc2nnnn2-c2ccccc2)c1.Cl. The number of ether oxygens (including phenoxy) is 1. The maximum absolute atomic E-state index is 5.85. The third kappa shape index (κ3) is 4.53. The van der Waals surface area contributed by atoms with Crippen LogP contribution >= 0.6 is 12.4 Å². The second kappa shape index (κ2) is 8.42. The van der Waals surface area contributed by atoms with Gasteiger partial charge in [-0.15, -0.1) is 12.4 Å². The third-order valence-corrected chi connectivity index (χ3v) is 3.26. The molecule has 6 nitrogen and oxygen atoms in total. The molecule has 24 heavy (non-hydrogen) atoms. The van der Waals surface area contributed by atoms with Gasteiger partial charge in [0.1, 0.15) is 5.75 Å². The van der Waals surface area contributed by atoms with Gasteiger partial charge in [-0.2, -0.15) is 4.68 Å². The van der Waals surface area contributed by atoms with E-state index in [1.807, 2.05) is 48.5 Å². The fourth-order valence-corrected chi connectivity index (χ4v) is 2.12. The summed E-state index contributed by atoms with van der Waals surface area (Å²) in [7, 11) is 0. The first-order chi connectivity index (χ1) is 11.2. The van der Waals surface area contributed by atoms with Crippen LogP contribution in [0.5, 0.6) is 11.8 Å². The lowest BCUT2D eigenvalue weighted by Crippen LogP contribution is -2.21. The lowest BCUT2D eigenvalue weighted by Gasteiger charge is -2.10. The number of hydrogen-bond acceptors (Lipinski definition) is 5. The van der Waals surface area contributed by atoms with Gasteiger partial charge >= 0.3 is 6.01 Å². The van der Waals surface area contributed by atoms with E-state index >= 15 is 0 Å². The van der Waals surface area contributed by atoms with E-state index in [2.05, 4.69) is 40.8 Å². The molecule has 0 unspecified atom stereocenters. The van der Waals surface area contributed by atoms with Crippen molar-refractivity contribution in [3.63, 3.8) is 0 Å². The zero-order chi connectivity index (χ0) is 16.1. The number of para-hydroxylation sites is 1. The van der Waals surface area contributed by atoms with Crippen LogP contribution in [0.15, 0.2) is 54.6 Å². The summed E-state index contributed by atoms with van der Waals surface area (Å²) in [5.74, 6) is 0.708. The Hall–Kier alpha value is -2.44. The number of rotatable bonds is 6. The Morgan fingerprint density at radius 3 is 2.62 bits per heavy atom. The molecule has 0 saturated carbocycles. The summed E-state index contributed by atoms with van der Waals surface area (Å²) in [6.07, 6.45) is 0. The molecule has 0 fully saturated rings. The van der Waals surface area contributed by atoms with Crippen LogP contribution in [0.1, 0.15) is 19.4 Å². The van der Waals surface area contributed by atoms with Crippen molar-refractivity contribution in [2.24, 2.45) is 0 Å². The summed E-state index contributed by atoms with van der Waals surface area (Å²) in [6, 6.07) is 18.3. The molecule has 0 bridgehead atoms. The second-order valence-electron chi connectivity index (χ2n) is 5.49. The van der Waals surface area contributed by atoms with Gasteiger partial charge in [0.2, 0.25) is 0 Å². The van der Waals surface area contributed by atoms with Crippen LogP contribution in [-0.2, 0) is 6.54 Å². The van der Waals surface area contributed by atoms with E-state index in [9.17, 15) is 0 Å². The molecule has 1 aromatic heterocycles. The van der Waals surface area contributed by atoms with Crippen molar-refractivity contribution in [1.82, 2.24) is 25.5 Å². The zero-order valence-electron chi connectivity index (χ0n) is 13.6. The van der Waals surface area contributed by atoms with Crippen molar-refractivity contribution in [3.05, 3.63) is 60.2 Å². The monoisotopic (exact) mass is 345 g/mol. The van der Waals surface area contributed by atoms with Crippen molar-refractivity contribution >= 4 is 12.4 Å². The minimum atomic E-state index is 0. The summed E-state index contributed by atoms with van der Waals surface area (Å²) >= 11 is 0. The quantitative estimate of drug-likeness (QED) is 0.742. The van der Waals surface area contributed by atoms with Crippen LogP contribution in [0.4, 0.5) is 0 Å². The lowest BCUT2D eigenvalue weighted by atomic mass is 10.2. The Kier molecular flexibility index (Phi) is 6.28. The van der Waals surface area contributed by atoms with Crippen molar-refractivity contribution in [3.8, 4) is 17.4 Å². The molecule has 0 aliphatic carbocycles. The molecule has 126 valence electrons. The van der Waals surface area contributed by atoms with Crippen LogP contribution in [0.25, 0.3) is 5.69 Å². The highest BCUT2D eigenvalue weighted by Gasteiger charge is 2.10. The highest BCUT2D eigenvalue weighted by atomic mass is 35.5. The predicted molar refractivity (Wildman–Crippen MR) is 94.9 cm³/mol. The largest absolute Gasteiger partial charge is 0.423 e. The second-order valence-corrected chi connectivity index (χ2v) is 5.49. The lowest BCUT2D eigenvalue weighted by molar-refractivity contribution is 0.426. The van der Waals surface area contributed by atoms with Gasteiger partial charge in [0.25, 0.3) is 0 Å². The number of tetrazole rings is 1. The van der Waals surface area contributed by atoms with Crippen LogP contribution in [0.3, 0.4) is 0 Å². The first kappa shape index (κ1) is 17.9. The van der Waals surface area contributed by atoms with E-state index in [4.69, 9.17) is 4.74 Å². The molecule has 0 radical (unpaired) electrons. The molecule has 0 aliphatic rings. The maximum atomic E-state index is 5.85. The van der Waals surface area contributed by atoms with Crippen molar-refractivity contribution in [2.45, 2.75) is 26.4 Å². The molecular formula is C17H20ClN5O. The summed E-state index contributed by atoms with van der Waals surface area (Å²) in [4.78, 5) is 0. The van der Waals surface area contributed by atoms with Crippen molar-refractivity contribution in [2.75, 3.05) is 0 Å². The smallest absolute Gasteiger partial charge is 0.345 e. The first-order valence-electron chi connectivity index (χ1n) is 7.56. The molecule has 3 aromatic rings. The number of benzene rings is 2. The Morgan fingerprint density at radius 1 is 1.08 bits per heavy atom. The summed E-state index contributed by atoms with van der Waals surface area (Å²) in [5, 5.41) is 15.0. The van der Waals surface area contributed by atoms with Gasteiger partial charge in [0.05, 0.1) is 5.69 Å². The van der Waals surface area contributed by atoms with E-state index in [1.165, 1.54) is 0 Å². The van der Waals surface area contributed by atoms with Gasteiger partial charge < -0.3 is 10.1 Å². The third-order valence-electron chi connectivity index (χ3n) is 3.26. The maximum Gasteiger partial charge on any atom is 0.345 e. The van der Waals surface area contributed by atoms with E-state index < -0.39 is 0 Å². The number of hydrogen-bond donors (Lipinski definition) is 1. The minimum Gasteiger partial charge on any atom is -0.423 e. The van der Waals surface area contributed by atoms with E-state index in [-0.39, 0.29) is 12.4 Å². The Labute approximate surface area is 147 Å². The van der Waals surface area contributed by atoms with Gasteiger partial charge in [-0.1, -0.05) is 49.3 Å². The van der Waals surface area contributed by atoms with Gasteiger partial charge in [0.15, 0.2) is 0 Å². The number of halogens is 1. The molecule has 0 amide bonds. The van der Waals surface area contributed by atoms with E-state index in [0.717, 1.165) is 17.8 Å². The molecule has 0 spiro atoms. The Bertz CT molecular complexity index is 760. The standard InChI is InChI=1S/C17H19N5O.ClH/c1-13(2)18-12-14-7-6-10-16(11-14)23-17-19-20-21-22(17)15-8-4-3-5-9-15;/h3-11,13,18H,12H2,1-2H3;1H. The van der Waals surface area contributed by atoms with E-state index in [1.54, 1.807) is 4.68 Å². The van der Waals surface area contributed by atoms with Gasteiger partial charge in [-0.25, -0.2) is 0 Å². The Morgan fingerprint density at radius 2 is 1.88 bits per heavy atom. The van der Waals surface area contributed by atoms with Crippen LogP contribution in [-0.4, -0.2) is 26.2 Å². The minimum absolute atomic E-state index is 0. The summed E-state index contributed by atoms with van der Waals surface area (Å²) in [6.45, 7) is 5.03. The fourth-order valence-electron chi connectivity index (χ4n) is 2.12. The van der Waals surface area contributed by atoms with E-state index in [0.29, 0.717) is 17.8 Å². The highest BCUT2D eigenvalue weighted by molar-refractivity contribution is 5.85. The van der Waals surface area contributed by atoms with Crippen LogP contribution < -0.4 is 10.1 Å². The molecule has 7 heteroatoms. The molecule has 0 aliphatic heterocycles. The molecule has 0 atom stereocenters.